The molecule has 12 aromatic carbocycles. The van der Waals surface area contributed by atoms with Crippen molar-refractivity contribution in [1.29, 1.82) is 0 Å². The van der Waals surface area contributed by atoms with E-state index in [0.717, 1.165) is 17.1 Å². The van der Waals surface area contributed by atoms with Crippen molar-refractivity contribution in [1.82, 2.24) is 0 Å². The van der Waals surface area contributed by atoms with Crippen LogP contribution in [0.1, 0.15) is 0 Å². The van der Waals surface area contributed by atoms with E-state index in [1.54, 1.807) is 0 Å². The molecule has 0 aliphatic heterocycles. The lowest BCUT2D eigenvalue weighted by Gasteiger charge is -2.26. The van der Waals surface area contributed by atoms with Crippen LogP contribution in [-0.2, 0) is 0 Å². The third-order valence-electron chi connectivity index (χ3n) is 12.1. The van der Waals surface area contributed by atoms with Crippen molar-refractivity contribution in [2.45, 2.75) is 0 Å². The number of rotatable bonds is 5. The first kappa shape index (κ1) is 31.8. The fourth-order valence-corrected chi connectivity index (χ4v) is 9.76. The normalized spacial score (nSPS) is 11.9. The molecule has 0 aliphatic rings. The predicted octanol–water partition coefficient (Wildman–Crippen LogP) is 16.0. The van der Waals surface area contributed by atoms with Gasteiger partial charge in [0.25, 0.3) is 0 Å². The molecule has 0 fully saturated rings. The van der Waals surface area contributed by atoms with Crippen LogP contribution in [0.4, 0.5) is 17.1 Å². The molecule has 1 heteroatoms. The quantitative estimate of drug-likeness (QED) is 0.126. The molecule has 0 amide bonds. The number of anilines is 3. The van der Waals surface area contributed by atoms with Gasteiger partial charge < -0.3 is 4.90 Å². The zero-order chi connectivity index (χ0) is 37.5. The van der Waals surface area contributed by atoms with Gasteiger partial charge in [-0.25, -0.2) is 0 Å². The second-order valence-electron chi connectivity index (χ2n) is 15.2. The Labute approximate surface area is 330 Å². The smallest absolute Gasteiger partial charge is 0.0462 e. The molecule has 0 heterocycles. The Morgan fingerprint density at radius 2 is 0.667 bits per heavy atom. The molecule has 0 saturated carbocycles. The molecule has 0 radical (unpaired) electrons. The molecule has 57 heavy (non-hydrogen) atoms. The van der Waals surface area contributed by atoms with Crippen LogP contribution in [0.25, 0.3) is 97.7 Å². The number of para-hydroxylation sites is 2. The number of hydrogen-bond donors (Lipinski definition) is 0. The van der Waals surface area contributed by atoms with Crippen LogP contribution >= 0.6 is 0 Å². The van der Waals surface area contributed by atoms with E-state index in [0.29, 0.717) is 0 Å². The van der Waals surface area contributed by atoms with E-state index in [1.807, 2.05) is 0 Å². The second-order valence-corrected chi connectivity index (χ2v) is 15.2. The minimum Gasteiger partial charge on any atom is -0.311 e. The Bertz CT molecular complexity index is 3440. The summed E-state index contributed by atoms with van der Waals surface area (Å²) in [4.78, 5) is 2.33. The highest BCUT2D eigenvalue weighted by molar-refractivity contribution is 6.38. The van der Waals surface area contributed by atoms with Crippen LogP contribution in [0.5, 0.6) is 0 Å². The van der Waals surface area contributed by atoms with Crippen molar-refractivity contribution in [3.05, 3.63) is 212 Å². The van der Waals surface area contributed by atoms with Crippen LogP contribution in [0.3, 0.4) is 0 Å². The fourth-order valence-electron chi connectivity index (χ4n) is 9.76. The van der Waals surface area contributed by atoms with E-state index >= 15 is 0 Å². The summed E-state index contributed by atoms with van der Waals surface area (Å²) in [5.74, 6) is 0. The average molecular weight is 722 g/mol. The Balaban J connectivity index is 1.21. The van der Waals surface area contributed by atoms with Crippen molar-refractivity contribution >= 4 is 92.5 Å². The molecule has 264 valence electrons. The van der Waals surface area contributed by atoms with Crippen LogP contribution in [0.15, 0.2) is 212 Å². The molecule has 0 bridgehead atoms. The SMILES string of the molecule is c1ccc(N(c2ccccc2)c2ccc(-c3c4ccccc4c(-c4ccc5ccc6cccc7ccc4c5c67)c4c5ccccc5c5ccccc5c34)cc2)cc1. The standard InChI is InChI=1S/C56H35N/c1-3-16-40(17-4-1)57(41-18-5-2-6-19-41)42-32-28-39(29-33-42)53-47-24-11-12-25-48(47)54(56-46-23-10-8-21-44(46)43-20-7-9-22-45(43)55(53)56)50-35-31-38-27-26-36-14-13-15-37-30-34-49(50)52(38)51(36)37/h1-35H. The van der Waals surface area contributed by atoms with Crippen LogP contribution in [0, 0.1) is 0 Å². The summed E-state index contributed by atoms with van der Waals surface area (Å²) < 4.78 is 0. The van der Waals surface area contributed by atoms with Crippen molar-refractivity contribution in [2.75, 3.05) is 4.90 Å². The van der Waals surface area contributed by atoms with Gasteiger partial charge in [0.2, 0.25) is 0 Å². The summed E-state index contributed by atoms with van der Waals surface area (Å²) in [5.41, 5.74) is 8.39. The third-order valence-corrected chi connectivity index (χ3v) is 12.1. The van der Waals surface area contributed by atoms with Gasteiger partial charge >= 0.3 is 0 Å². The van der Waals surface area contributed by atoms with Gasteiger partial charge in [-0.05, 0) is 134 Å². The zero-order valence-corrected chi connectivity index (χ0v) is 31.2. The highest BCUT2D eigenvalue weighted by atomic mass is 15.1. The van der Waals surface area contributed by atoms with Crippen LogP contribution in [-0.4, -0.2) is 0 Å². The van der Waals surface area contributed by atoms with Gasteiger partial charge in [0.15, 0.2) is 0 Å². The average Bonchev–Trinajstić information content (AvgIpc) is 3.29. The molecule has 0 aromatic heterocycles. The number of hydrogen-bond acceptors (Lipinski definition) is 1. The van der Waals surface area contributed by atoms with Gasteiger partial charge in [0.05, 0.1) is 0 Å². The lowest BCUT2D eigenvalue weighted by molar-refractivity contribution is 1.28. The summed E-state index contributed by atoms with van der Waals surface area (Å²) in [6.07, 6.45) is 0. The van der Waals surface area contributed by atoms with E-state index in [4.69, 9.17) is 0 Å². The zero-order valence-electron chi connectivity index (χ0n) is 31.2. The van der Waals surface area contributed by atoms with Gasteiger partial charge in [-0.15, -0.1) is 0 Å². The lowest BCUT2D eigenvalue weighted by atomic mass is 9.80. The Morgan fingerprint density at radius 1 is 0.228 bits per heavy atom. The molecular weight excluding hydrogens is 687 g/mol. The van der Waals surface area contributed by atoms with Crippen LogP contribution < -0.4 is 4.90 Å². The summed E-state index contributed by atoms with van der Waals surface area (Å²) in [5, 5.41) is 18.0. The van der Waals surface area contributed by atoms with Crippen molar-refractivity contribution in [3.8, 4) is 22.3 Å². The molecule has 0 aliphatic carbocycles. The van der Waals surface area contributed by atoms with Gasteiger partial charge in [0.1, 0.15) is 0 Å². The maximum atomic E-state index is 2.38. The fraction of sp³-hybridized carbons (Fsp3) is 0. The highest BCUT2D eigenvalue weighted by Crippen LogP contribution is 2.51. The topological polar surface area (TPSA) is 3.24 Å². The molecule has 0 saturated heterocycles. The van der Waals surface area contributed by atoms with Crippen molar-refractivity contribution in [2.24, 2.45) is 0 Å². The Morgan fingerprint density at radius 3 is 1.26 bits per heavy atom. The predicted molar refractivity (Wildman–Crippen MR) is 246 cm³/mol. The lowest BCUT2D eigenvalue weighted by Crippen LogP contribution is -2.09. The minimum atomic E-state index is 1.12. The van der Waals surface area contributed by atoms with Gasteiger partial charge in [-0.1, -0.05) is 176 Å². The maximum absolute atomic E-state index is 2.38. The maximum Gasteiger partial charge on any atom is 0.0462 e. The third kappa shape index (κ3) is 4.76. The van der Waals surface area contributed by atoms with Crippen molar-refractivity contribution in [3.63, 3.8) is 0 Å². The summed E-state index contributed by atoms with van der Waals surface area (Å²) >= 11 is 0. The first-order valence-corrected chi connectivity index (χ1v) is 19.8. The van der Waals surface area contributed by atoms with E-state index in [-0.39, 0.29) is 0 Å². The Hall–Kier alpha value is -7.48. The Kier molecular flexibility index (Phi) is 7.00. The minimum absolute atomic E-state index is 1.12. The summed E-state index contributed by atoms with van der Waals surface area (Å²) in [6, 6.07) is 78.3. The summed E-state index contributed by atoms with van der Waals surface area (Å²) in [6.45, 7) is 0. The largest absolute Gasteiger partial charge is 0.311 e. The van der Waals surface area contributed by atoms with E-state index < -0.39 is 0 Å². The van der Waals surface area contributed by atoms with Crippen molar-refractivity contribution < 1.29 is 0 Å². The van der Waals surface area contributed by atoms with Crippen LogP contribution in [0.2, 0.25) is 0 Å². The van der Waals surface area contributed by atoms with Gasteiger partial charge in [0, 0.05) is 17.1 Å². The van der Waals surface area contributed by atoms with Gasteiger partial charge in [-0.2, -0.15) is 0 Å². The molecule has 0 unspecified atom stereocenters. The van der Waals surface area contributed by atoms with E-state index in [2.05, 4.69) is 217 Å². The second kappa shape index (κ2) is 12.5. The summed E-state index contributed by atoms with van der Waals surface area (Å²) in [7, 11) is 0. The molecule has 12 rings (SSSR count). The van der Waals surface area contributed by atoms with E-state index in [1.165, 1.54) is 97.7 Å². The van der Waals surface area contributed by atoms with E-state index in [9.17, 15) is 0 Å². The highest BCUT2D eigenvalue weighted by Gasteiger charge is 2.24. The number of nitrogens with zero attached hydrogens (tertiary/aromatic N) is 1. The number of fused-ring (bicyclic) bond motifs is 7. The molecule has 1 nitrogen and oxygen atoms in total. The number of benzene rings is 12. The van der Waals surface area contributed by atoms with Gasteiger partial charge in [-0.3, -0.25) is 0 Å². The molecule has 0 spiro atoms. The molecule has 12 aromatic rings. The first-order chi connectivity index (χ1) is 28.3. The molecule has 0 N–H and O–H groups in total. The first-order valence-electron chi connectivity index (χ1n) is 19.8. The molecular formula is C56H35N. The molecule has 0 atom stereocenters. The monoisotopic (exact) mass is 721 g/mol.